The first-order chi connectivity index (χ1) is 5.13. The van der Waals surface area contributed by atoms with Crippen molar-refractivity contribution in [3.8, 4) is 0 Å². The van der Waals surface area contributed by atoms with Crippen molar-refractivity contribution < 1.29 is 14.3 Å². The Morgan fingerprint density at radius 3 is 2.73 bits per heavy atom. The third-order valence-corrected chi connectivity index (χ3v) is 2.73. The van der Waals surface area contributed by atoms with Gasteiger partial charge in [0.2, 0.25) is 5.67 Å². The Morgan fingerprint density at radius 1 is 1.73 bits per heavy atom. The van der Waals surface area contributed by atoms with Crippen molar-refractivity contribution in [2.24, 2.45) is 5.92 Å². The summed E-state index contributed by atoms with van der Waals surface area (Å²) in [5.74, 6) is -1.55. The summed E-state index contributed by atoms with van der Waals surface area (Å²) >= 11 is 0. The molecule has 0 aromatic heterocycles. The summed E-state index contributed by atoms with van der Waals surface area (Å²) in [4.78, 5) is 12.4. The van der Waals surface area contributed by atoms with E-state index in [0.29, 0.717) is 13.0 Å². The van der Waals surface area contributed by atoms with Gasteiger partial charge in [-0.15, -0.1) is 0 Å². The highest BCUT2D eigenvalue weighted by atomic mass is 19.1. The van der Waals surface area contributed by atoms with Gasteiger partial charge in [0.1, 0.15) is 0 Å². The molecule has 3 nitrogen and oxygen atoms in total. The Morgan fingerprint density at radius 2 is 2.45 bits per heavy atom. The summed E-state index contributed by atoms with van der Waals surface area (Å²) in [6.45, 7) is 1.58. The third-order valence-electron chi connectivity index (χ3n) is 2.73. The van der Waals surface area contributed by atoms with Crippen LogP contribution in [0.1, 0.15) is 6.42 Å². The molecule has 2 saturated heterocycles. The molecule has 2 rings (SSSR count). The summed E-state index contributed by atoms with van der Waals surface area (Å²) in [7, 11) is 0. The van der Waals surface area contributed by atoms with E-state index in [1.165, 1.54) is 0 Å². The number of piperidine rings is 1. The number of rotatable bonds is 1. The highest BCUT2D eigenvalue weighted by Crippen LogP contribution is 2.39. The van der Waals surface area contributed by atoms with Crippen molar-refractivity contribution in [1.82, 2.24) is 4.90 Å². The fraction of sp³-hybridized carbons (Fsp3) is 0.857. The van der Waals surface area contributed by atoms with Crippen LogP contribution < -0.4 is 0 Å². The van der Waals surface area contributed by atoms with Crippen LogP contribution in [0, 0.1) is 5.92 Å². The molecule has 2 aliphatic heterocycles. The lowest BCUT2D eigenvalue weighted by atomic mass is 9.90. The third kappa shape index (κ3) is 0.788. The predicted octanol–water partition coefficient (Wildman–Crippen LogP) is 0.115. The number of nitrogens with zero attached hydrogens (tertiary/aromatic N) is 1. The number of aliphatic carboxylic acids is 1. The van der Waals surface area contributed by atoms with Crippen molar-refractivity contribution in [1.29, 1.82) is 0 Å². The molecule has 0 amide bonds. The van der Waals surface area contributed by atoms with Gasteiger partial charge in [0.15, 0.2) is 0 Å². The van der Waals surface area contributed by atoms with E-state index in [1.54, 1.807) is 0 Å². The van der Waals surface area contributed by atoms with Gasteiger partial charge in [-0.05, 0) is 13.0 Å². The van der Waals surface area contributed by atoms with Crippen LogP contribution in [0.25, 0.3) is 0 Å². The van der Waals surface area contributed by atoms with E-state index in [9.17, 15) is 9.18 Å². The first-order valence-electron chi connectivity index (χ1n) is 3.77. The standard InChI is InChI=1S/C7H10FNO2/c8-7(6(10)11)4-9-2-1-5(7)3-9/h5H,1-4H2,(H,10,11). The molecule has 2 aliphatic rings. The average molecular weight is 159 g/mol. The number of alkyl halides is 1. The molecule has 3 unspecified atom stereocenters. The number of hydrogen-bond acceptors (Lipinski definition) is 2. The number of carbonyl (C=O) groups is 1. The van der Waals surface area contributed by atoms with Crippen LogP contribution >= 0.6 is 0 Å². The molecular weight excluding hydrogens is 149 g/mol. The molecule has 1 N–H and O–H groups in total. The topological polar surface area (TPSA) is 40.5 Å². The van der Waals surface area contributed by atoms with Crippen molar-refractivity contribution in [3.05, 3.63) is 0 Å². The molecule has 0 aromatic carbocycles. The van der Waals surface area contributed by atoms with Gasteiger partial charge in [-0.2, -0.15) is 0 Å². The van der Waals surface area contributed by atoms with Crippen LogP contribution in [0.4, 0.5) is 4.39 Å². The van der Waals surface area contributed by atoms with Crippen molar-refractivity contribution >= 4 is 5.97 Å². The normalized spacial score (nSPS) is 48.1. The fourth-order valence-corrected chi connectivity index (χ4v) is 2.05. The highest BCUT2D eigenvalue weighted by molar-refractivity contribution is 5.79. The van der Waals surface area contributed by atoms with Crippen LogP contribution in [0.5, 0.6) is 0 Å². The average Bonchev–Trinajstić information content (AvgIpc) is 2.45. The second kappa shape index (κ2) is 1.94. The molecule has 2 fully saturated rings. The Kier molecular flexibility index (Phi) is 1.24. The maximum atomic E-state index is 13.5. The summed E-state index contributed by atoms with van der Waals surface area (Å²) < 4.78 is 13.5. The maximum Gasteiger partial charge on any atom is 0.343 e. The van der Waals surface area contributed by atoms with E-state index in [-0.39, 0.29) is 12.5 Å². The van der Waals surface area contributed by atoms with E-state index >= 15 is 0 Å². The number of halogens is 1. The van der Waals surface area contributed by atoms with Crippen LogP contribution in [-0.2, 0) is 4.79 Å². The van der Waals surface area contributed by atoms with Gasteiger partial charge in [0, 0.05) is 19.0 Å². The van der Waals surface area contributed by atoms with Crippen molar-refractivity contribution in [2.45, 2.75) is 12.1 Å². The monoisotopic (exact) mass is 159 g/mol. The highest BCUT2D eigenvalue weighted by Gasteiger charge is 2.56. The summed E-state index contributed by atoms with van der Waals surface area (Å²) in [6, 6.07) is 0. The number of fused-ring (bicyclic) bond motifs is 2. The summed E-state index contributed by atoms with van der Waals surface area (Å²) in [6.07, 6.45) is 0.697. The molecule has 2 heterocycles. The lowest BCUT2D eigenvalue weighted by Gasteiger charge is -2.24. The summed E-state index contributed by atoms with van der Waals surface area (Å²) in [5, 5.41) is 8.59. The minimum Gasteiger partial charge on any atom is -0.479 e. The Hall–Kier alpha value is -0.640. The molecule has 4 heteroatoms. The molecule has 0 saturated carbocycles. The molecular formula is C7H10FNO2. The number of hydrogen-bond donors (Lipinski definition) is 1. The molecule has 0 radical (unpaired) electrons. The molecule has 62 valence electrons. The van der Waals surface area contributed by atoms with Gasteiger partial charge in [-0.3, -0.25) is 4.90 Å². The van der Waals surface area contributed by atoms with Crippen LogP contribution in [0.15, 0.2) is 0 Å². The maximum absolute atomic E-state index is 13.5. The Bertz CT molecular complexity index is 209. The molecule has 0 aliphatic carbocycles. The van der Waals surface area contributed by atoms with Gasteiger partial charge >= 0.3 is 5.97 Å². The summed E-state index contributed by atoms with van der Waals surface area (Å²) in [5.41, 5.74) is -1.95. The van der Waals surface area contributed by atoms with E-state index in [2.05, 4.69) is 0 Å². The quantitative estimate of drug-likeness (QED) is 0.590. The minimum atomic E-state index is -1.95. The van der Waals surface area contributed by atoms with Gasteiger partial charge in [-0.1, -0.05) is 0 Å². The Balaban J connectivity index is 2.23. The predicted molar refractivity (Wildman–Crippen MR) is 36.0 cm³/mol. The van der Waals surface area contributed by atoms with Gasteiger partial charge in [0.05, 0.1) is 0 Å². The Labute approximate surface area is 63.8 Å². The zero-order chi connectivity index (χ0) is 8.06. The SMILES string of the molecule is O=C(O)C1(F)CN2CCC1C2. The van der Waals surface area contributed by atoms with E-state index in [4.69, 9.17) is 5.11 Å². The zero-order valence-corrected chi connectivity index (χ0v) is 6.09. The van der Waals surface area contributed by atoms with E-state index in [1.807, 2.05) is 4.90 Å². The van der Waals surface area contributed by atoms with Crippen LogP contribution in [0.3, 0.4) is 0 Å². The number of carboxylic acid groups (broad SMARTS) is 1. The second-order valence-corrected chi connectivity index (χ2v) is 3.39. The van der Waals surface area contributed by atoms with Crippen LogP contribution in [0.2, 0.25) is 0 Å². The van der Waals surface area contributed by atoms with Crippen molar-refractivity contribution in [2.75, 3.05) is 19.6 Å². The van der Waals surface area contributed by atoms with Crippen LogP contribution in [-0.4, -0.2) is 41.3 Å². The molecule has 2 bridgehead atoms. The molecule has 3 atom stereocenters. The first-order valence-corrected chi connectivity index (χ1v) is 3.77. The lowest BCUT2D eigenvalue weighted by Crippen LogP contribution is -2.45. The fourth-order valence-electron chi connectivity index (χ4n) is 2.05. The zero-order valence-electron chi connectivity index (χ0n) is 6.09. The first kappa shape index (κ1) is 7.03. The van der Waals surface area contributed by atoms with Gasteiger partial charge in [-0.25, -0.2) is 9.18 Å². The smallest absolute Gasteiger partial charge is 0.343 e. The van der Waals surface area contributed by atoms with E-state index in [0.717, 1.165) is 6.54 Å². The molecule has 0 aromatic rings. The largest absolute Gasteiger partial charge is 0.479 e. The minimum absolute atomic E-state index is 0.0903. The van der Waals surface area contributed by atoms with Crippen molar-refractivity contribution in [3.63, 3.8) is 0 Å². The molecule has 0 spiro atoms. The lowest BCUT2D eigenvalue weighted by molar-refractivity contribution is -0.153. The number of carboxylic acids is 1. The second-order valence-electron chi connectivity index (χ2n) is 3.39. The van der Waals surface area contributed by atoms with Gasteiger partial charge in [0.25, 0.3) is 0 Å². The molecule has 11 heavy (non-hydrogen) atoms. The van der Waals surface area contributed by atoms with E-state index < -0.39 is 11.6 Å². The van der Waals surface area contributed by atoms with Gasteiger partial charge < -0.3 is 5.11 Å².